The first-order chi connectivity index (χ1) is 15.0. The molecule has 7 nitrogen and oxygen atoms in total. The smallest absolute Gasteiger partial charge is 0.244 e. The van der Waals surface area contributed by atoms with Gasteiger partial charge in [-0.3, -0.25) is 4.79 Å². The third-order valence-corrected chi connectivity index (χ3v) is 6.03. The van der Waals surface area contributed by atoms with Crippen molar-refractivity contribution in [2.24, 2.45) is 0 Å². The van der Waals surface area contributed by atoms with Crippen molar-refractivity contribution >= 4 is 32.9 Å². The molecule has 0 saturated heterocycles. The molecule has 0 spiro atoms. The van der Waals surface area contributed by atoms with E-state index in [2.05, 4.69) is 16.1 Å². The van der Waals surface area contributed by atoms with Gasteiger partial charge in [0.1, 0.15) is 0 Å². The Balaban J connectivity index is 1.53. The Morgan fingerprint density at radius 1 is 1.10 bits per heavy atom. The van der Waals surface area contributed by atoms with Gasteiger partial charge in [0.2, 0.25) is 15.9 Å². The Labute approximate surface area is 182 Å². The number of para-hydroxylation sites is 1. The van der Waals surface area contributed by atoms with Gasteiger partial charge in [0.05, 0.1) is 18.2 Å². The first kappa shape index (κ1) is 22.3. The number of carbonyl (C=O) groups excluding carboxylic acids is 1. The molecule has 0 atom stereocenters. The Hall–Kier alpha value is -3.41. The number of rotatable bonds is 10. The van der Waals surface area contributed by atoms with Crippen LogP contribution in [-0.4, -0.2) is 31.2 Å². The fourth-order valence-corrected chi connectivity index (χ4v) is 4.06. The van der Waals surface area contributed by atoms with Crippen LogP contribution in [0.5, 0.6) is 0 Å². The Morgan fingerprint density at radius 3 is 2.61 bits per heavy atom. The molecule has 1 heterocycles. The van der Waals surface area contributed by atoms with Crippen LogP contribution in [0.15, 0.2) is 66.9 Å². The van der Waals surface area contributed by atoms with Crippen molar-refractivity contribution in [2.45, 2.75) is 19.5 Å². The highest BCUT2D eigenvalue weighted by Crippen LogP contribution is 2.22. The number of hydrogen-bond donors (Lipinski definition) is 2. The van der Waals surface area contributed by atoms with Crippen LogP contribution in [0.1, 0.15) is 17.5 Å². The van der Waals surface area contributed by atoms with Gasteiger partial charge >= 0.3 is 0 Å². The molecule has 0 aliphatic rings. The molecule has 1 amide bonds. The van der Waals surface area contributed by atoms with E-state index in [1.54, 1.807) is 6.08 Å². The van der Waals surface area contributed by atoms with Crippen LogP contribution in [-0.2, 0) is 27.9 Å². The molecule has 3 aromatic rings. The van der Waals surface area contributed by atoms with Crippen LogP contribution < -0.4 is 10.0 Å². The van der Waals surface area contributed by atoms with E-state index in [0.717, 1.165) is 22.0 Å². The summed E-state index contributed by atoms with van der Waals surface area (Å²) in [7, 11) is -3.50. The second-order valence-electron chi connectivity index (χ2n) is 6.95. The predicted molar refractivity (Wildman–Crippen MR) is 121 cm³/mol. The van der Waals surface area contributed by atoms with E-state index < -0.39 is 10.0 Å². The minimum Gasteiger partial charge on any atom is -0.351 e. The number of nitrogens with zero attached hydrogens (tertiary/aromatic N) is 2. The van der Waals surface area contributed by atoms with E-state index in [0.29, 0.717) is 13.0 Å². The summed E-state index contributed by atoms with van der Waals surface area (Å²) in [5, 5.41) is 12.4. The fourth-order valence-electron chi connectivity index (χ4n) is 3.16. The summed E-state index contributed by atoms with van der Waals surface area (Å²) in [6, 6.07) is 19.1. The van der Waals surface area contributed by atoms with Crippen LogP contribution in [0, 0.1) is 11.3 Å². The summed E-state index contributed by atoms with van der Waals surface area (Å²) in [5.41, 5.74) is 2.72. The fraction of sp³-hybridized carbons (Fsp3) is 0.217. The number of nitriles is 1. The Morgan fingerprint density at radius 2 is 1.84 bits per heavy atom. The van der Waals surface area contributed by atoms with Crippen molar-refractivity contribution < 1.29 is 13.2 Å². The van der Waals surface area contributed by atoms with Gasteiger partial charge in [0.25, 0.3) is 0 Å². The highest BCUT2D eigenvalue weighted by Gasteiger charge is 2.10. The molecule has 0 aliphatic carbocycles. The first-order valence-electron chi connectivity index (χ1n) is 9.90. The zero-order valence-corrected chi connectivity index (χ0v) is 17.8. The second-order valence-corrected chi connectivity index (χ2v) is 8.88. The van der Waals surface area contributed by atoms with Gasteiger partial charge in [-0.2, -0.15) is 5.26 Å². The quantitative estimate of drug-likeness (QED) is 0.477. The van der Waals surface area contributed by atoms with Crippen LogP contribution in [0.2, 0.25) is 0 Å². The Kier molecular flexibility index (Phi) is 7.60. The van der Waals surface area contributed by atoms with Gasteiger partial charge in [-0.05, 0) is 17.7 Å². The summed E-state index contributed by atoms with van der Waals surface area (Å²) in [5.74, 6) is -0.570. The number of hydrogen-bond acceptors (Lipinski definition) is 4. The highest BCUT2D eigenvalue weighted by atomic mass is 32.2. The number of aromatic nitrogens is 1. The normalized spacial score (nSPS) is 11.6. The lowest BCUT2D eigenvalue weighted by Gasteiger charge is -2.07. The average molecular weight is 437 g/mol. The molecule has 0 aliphatic heterocycles. The maximum Gasteiger partial charge on any atom is 0.244 e. The number of nitrogens with one attached hydrogen (secondary N) is 2. The van der Waals surface area contributed by atoms with Crippen molar-refractivity contribution in [2.75, 3.05) is 12.3 Å². The van der Waals surface area contributed by atoms with Gasteiger partial charge < -0.3 is 9.88 Å². The maximum atomic E-state index is 12.1. The molecule has 1 aromatic heterocycles. The topological polar surface area (TPSA) is 104 Å². The zero-order chi connectivity index (χ0) is 22.1. The monoisotopic (exact) mass is 436 g/mol. The molecule has 8 heteroatoms. The molecule has 2 N–H and O–H groups in total. The lowest BCUT2D eigenvalue weighted by Crippen LogP contribution is -2.33. The predicted octanol–water partition coefficient (Wildman–Crippen LogP) is 2.80. The minimum atomic E-state index is -3.50. The molecule has 0 fully saturated rings. The number of benzene rings is 2. The third-order valence-electron chi connectivity index (χ3n) is 4.71. The molecule has 31 heavy (non-hydrogen) atoms. The number of amides is 1. The number of sulfonamides is 1. The van der Waals surface area contributed by atoms with Gasteiger partial charge in [-0.25, -0.2) is 13.1 Å². The van der Waals surface area contributed by atoms with Crippen molar-refractivity contribution in [3.8, 4) is 6.07 Å². The molecule has 160 valence electrons. The van der Waals surface area contributed by atoms with E-state index in [4.69, 9.17) is 5.26 Å². The molecule has 0 saturated carbocycles. The van der Waals surface area contributed by atoms with Crippen molar-refractivity contribution in [1.82, 2.24) is 14.6 Å². The van der Waals surface area contributed by atoms with Crippen molar-refractivity contribution in [3.63, 3.8) is 0 Å². The van der Waals surface area contributed by atoms with Crippen LogP contribution in [0.4, 0.5) is 0 Å². The van der Waals surface area contributed by atoms with Crippen LogP contribution >= 0.6 is 0 Å². The number of fused-ring (bicyclic) bond motifs is 1. The van der Waals surface area contributed by atoms with Crippen LogP contribution in [0.3, 0.4) is 0 Å². The number of carbonyl (C=O) groups is 1. The van der Waals surface area contributed by atoms with Gasteiger partial charge in [0.15, 0.2) is 0 Å². The standard InChI is InChI=1S/C23H24N4O3S/c24-13-6-15-27-18-20(21-9-4-5-10-22(21)27)11-12-23(28)25-14-16-31(29,30)26-17-19-7-2-1-3-8-19/h1-5,7-12,18,26H,6,14-17H2,(H,25,28)/b12-11+. The van der Waals surface area contributed by atoms with Gasteiger partial charge in [-0.1, -0.05) is 48.5 Å². The maximum absolute atomic E-state index is 12.1. The van der Waals surface area contributed by atoms with Crippen LogP contribution in [0.25, 0.3) is 17.0 Å². The lowest BCUT2D eigenvalue weighted by atomic mass is 10.1. The molecule has 0 bridgehead atoms. The van der Waals surface area contributed by atoms with E-state index in [1.165, 1.54) is 6.08 Å². The lowest BCUT2D eigenvalue weighted by molar-refractivity contribution is -0.116. The first-order valence-corrected chi connectivity index (χ1v) is 11.6. The van der Waals surface area contributed by atoms with E-state index in [9.17, 15) is 13.2 Å². The molecular formula is C23H24N4O3S. The summed E-state index contributed by atoms with van der Waals surface area (Å²) < 4.78 is 28.7. The molecule has 0 unspecified atom stereocenters. The number of aryl methyl sites for hydroxylation is 1. The van der Waals surface area contributed by atoms with Gasteiger partial charge in [0, 0.05) is 48.4 Å². The van der Waals surface area contributed by atoms with Crippen molar-refractivity contribution in [3.05, 3.63) is 78.0 Å². The largest absolute Gasteiger partial charge is 0.351 e. The summed E-state index contributed by atoms with van der Waals surface area (Å²) in [6.07, 6.45) is 5.39. The SMILES string of the molecule is N#CCCn1cc(/C=C/C(=O)NCCS(=O)(=O)NCc2ccccc2)c2ccccc21. The van der Waals surface area contributed by atoms with Crippen molar-refractivity contribution in [1.29, 1.82) is 5.26 Å². The Bertz CT molecular complexity index is 1210. The van der Waals surface area contributed by atoms with E-state index >= 15 is 0 Å². The average Bonchev–Trinajstić information content (AvgIpc) is 3.13. The minimum absolute atomic E-state index is 0.0111. The summed E-state index contributed by atoms with van der Waals surface area (Å²) in [6.45, 7) is 0.801. The summed E-state index contributed by atoms with van der Waals surface area (Å²) in [4.78, 5) is 12.1. The summed E-state index contributed by atoms with van der Waals surface area (Å²) >= 11 is 0. The molecule has 3 rings (SSSR count). The molecular weight excluding hydrogens is 412 g/mol. The molecule has 2 aromatic carbocycles. The third kappa shape index (κ3) is 6.54. The zero-order valence-electron chi connectivity index (χ0n) is 17.0. The van der Waals surface area contributed by atoms with E-state index in [1.807, 2.05) is 65.4 Å². The van der Waals surface area contributed by atoms with Gasteiger partial charge in [-0.15, -0.1) is 0 Å². The highest BCUT2D eigenvalue weighted by molar-refractivity contribution is 7.89. The molecule has 0 radical (unpaired) electrons. The van der Waals surface area contributed by atoms with E-state index in [-0.39, 0.29) is 24.7 Å². The second kappa shape index (κ2) is 10.6.